The van der Waals surface area contributed by atoms with E-state index in [0.717, 1.165) is 0 Å². The molecule has 27 nitrogen and oxygen atoms in total. The smallest absolute Gasteiger partial charge is 0.224 e. The van der Waals surface area contributed by atoms with Crippen LogP contribution in [-0.2, 0) is 66.6 Å². The normalized spacial score (nSPS) is 30.6. The molecule has 15 atom stereocenters. The van der Waals surface area contributed by atoms with Gasteiger partial charge in [-0.2, -0.15) is 0 Å². The fourth-order valence-electron chi connectivity index (χ4n) is 8.31. The maximum atomic E-state index is 13.5. The van der Waals surface area contributed by atoms with E-state index in [0.29, 0.717) is 12.8 Å². The molecule has 4 amide bonds. The summed E-state index contributed by atoms with van der Waals surface area (Å²) < 4.78 is 51.5. The zero-order valence-electron chi connectivity index (χ0n) is 44.5. The summed E-state index contributed by atoms with van der Waals surface area (Å²) in [4.78, 5) is 64.3. The lowest BCUT2D eigenvalue weighted by Gasteiger charge is -2.40. The van der Waals surface area contributed by atoms with Crippen LogP contribution >= 0.6 is 0 Å². The van der Waals surface area contributed by atoms with Crippen molar-refractivity contribution in [3.8, 4) is 0 Å². The molecule has 3 heterocycles. The van der Waals surface area contributed by atoms with Crippen LogP contribution in [0.1, 0.15) is 86.0 Å². The maximum Gasteiger partial charge on any atom is 0.224 e. The van der Waals surface area contributed by atoms with E-state index in [1.54, 1.807) is 34.6 Å². The van der Waals surface area contributed by atoms with Crippen molar-refractivity contribution < 1.29 is 113 Å². The number of hydrogen-bond acceptors (Lipinski definition) is 23. The number of aliphatic hydroxyl groups is 9. The highest BCUT2D eigenvalue weighted by molar-refractivity contribution is 5.82. The third-order valence-electron chi connectivity index (χ3n) is 13.4. The molecule has 442 valence electrons. The van der Waals surface area contributed by atoms with Gasteiger partial charge >= 0.3 is 0 Å². The molecule has 3 aliphatic heterocycles. The summed E-state index contributed by atoms with van der Waals surface area (Å²) in [5.41, 5.74) is -1.47. The van der Waals surface area contributed by atoms with Crippen LogP contribution in [0.25, 0.3) is 0 Å². The minimum Gasteiger partial charge on any atom is -0.394 e. The Morgan fingerprint density at radius 2 is 0.855 bits per heavy atom. The van der Waals surface area contributed by atoms with Crippen LogP contribution in [0.15, 0.2) is 0 Å². The van der Waals surface area contributed by atoms with Gasteiger partial charge in [-0.3, -0.25) is 24.0 Å². The number of Topliss-reactive ketones (excluding diaryl/α,β-unsaturated/α-hetero) is 1. The molecule has 0 aromatic rings. The Morgan fingerprint density at radius 3 is 1.26 bits per heavy atom. The van der Waals surface area contributed by atoms with E-state index in [9.17, 15) is 69.9 Å². The highest BCUT2D eigenvalue weighted by atomic mass is 16.7. The van der Waals surface area contributed by atoms with Crippen molar-refractivity contribution in [1.82, 2.24) is 21.3 Å². The molecule has 0 aliphatic carbocycles. The van der Waals surface area contributed by atoms with E-state index >= 15 is 0 Å². The van der Waals surface area contributed by atoms with E-state index < -0.39 is 129 Å². The average molecular weight is 1100 g/mol. The lowest BCUT2D eigenvalue weighted by Crippen LogP contribution is -2.59. The second-order valence-corrected chi connectivity index (χ2v) is 20.0. The van der Waals surface area contributed by atoms with Gasteiger partial charge in [0.25, 0.3) is 0 Å². The van der Waals surface area contributed by atoms with E-state index in [1.807, 2.05) is 0 Å². The first-order valence-electron chi connectivity index (χ1n) is 26.3. The summed E-state index contributed by atoms with van der Waals surface area (Å²) in [7, 11) is 0. The summed E-state index contributed by atoms with van der Waals surface area (Å²) in [5, 5.41) is 101. The van der Waals surface area contributed by atoms with Crippen LogP contribution < -0.4 is 21.3 Å². The Labute approximate surface area is 443 Å². The van der Waals surface area contributed by atoms with Gasteiger partial charge in [0, 0.05) is 62.4 Å². The second kappa shape index (κ2) is 35.4. The maximum absolute atomic E-state index is 13.5. The summed E-state index contributed by atoms with van der Waals surface area (Å²) in [6.45, 7) is 5.84. The van der Waals surface area contributed by atoms with Gasteiger partial charge in [-0.15, -0.1) is 0 Å². The first kappa shape index (κ1) is 67.1. The summed E-state index contributed by atoms with van der Waals surface area (Å²) in [5.74, 6) is -3.81. The van der Waals surface area contributed by atoms with Gasteiger partial charge in [0.2, 0.25) is 23.6 Å². The molecule has 3 fully saturated rings. The molecule has 0 radical (unpaired) electrons. The number of carbonyl (C=O) groups excluding carboxylic acids is 5. The molecule has 0 spiro atoms. The number of rotatable bonds is 37. The number of hydrogen-bond donors (Lipinski definition) is 13. The van der Waals surface area contributed by atoms with Crippen LogP contribution in [0, 0.1) is 23.7 Å². The average Bonchev–Trinajstić information content (AvgIpc) is 3.39. The molecule has 76 heavy (non-hydrogen) atoms. The van der Waals surface area contributed by atoms with Crippen molar-refractivity contribution in [3.05, 3.63) is 0 Å². The highest BCUT2D eigenvalue weighted by Gasteiger charge is 2.45. The van der Waals surface area contributed by atoms with Crippen LogP contribution in [-0.4, -0.2) is 247 Å². The SMILES string of the molecule is CC(C)C(=O)CCCC(=O)NC(COCCC(=O)NCCCO[C@@H]1OC(CO)[C@H](O)[C@H](O)C1C)(COCCC(=O)NCCCO[C@@H]1OC(CO)[C@H](O)[C@H](O)C1C)COCNC(=O)CCO[C@@H]1OC(CO)[C@H](O)[C@H](O)C1C. The van der Waals surface area contributed by atoms with E-state index in [-0.39, 0.29) is 135 Å². The zero-order chi connectivity index (χ0) is 56.4. The molecule has 3 saturated heterocycles. The molecule has 0 saturated carbocycles. The molecule has 0 bridgehead atoms. The third-order valence-corrected chi connectivity index (χ3v) is 13.4. The summed E-state index contributed by atoms with van der Waals surface area (Å²) >= 11 is 0. The number of nitrogens with one attached hydrogen (secondary N) is 4. The van der Waals surface area contributed by atoms with Crippen molar-refractivity contribution in [2.24, 2.45) is 23.7 Å². The third kappa shape index (κ3) is 22.5. The van der Waals surface area contributed by atoms with Crippen LogP contribution in [0.3, 0.4) is 0 Å². The Balaban J connectivity index is 1.59. The van der Waals surface area contributed by atoms with Crippen LogP contribution in [0.5, 0.6) is 0 Å². The fraction of sp³-hybridized carbons (Fsp3) is 0.898. The van der Waals surface area contributed by atoms with Gasteiger partial charge in [0.15, 0.2) is 18.9 Å². The Kier molecular flexibility index (Phi) is 31.3. The predicted octanol–water partition coefficient (Wildman–Crippen LogP) is -4.18. The van der Waals surface area contributed by atoms with Crippen molar-refractivity contribution in [2.45, 2.75) is 165 Å². The fourth-order valence-corrected chi connectivity index (χ4v) is 8.31. The molecule has 3 rings (SSSR count). The van der Waals surface area contributed by atoms with Crippen molar-refractivity contribution in [3.63, 3.8) is 0 Å². The lowest BCUT2D eigenvalue weighted by atomic mass is 9.92. The largest absolute Gasteiger partial charge is 0.394 e. The number of ketones is 1. The van der Waals surface area contributed by atoms with E-state index in [2.05, 4.69) is 21.3 Å². The van der Waals surface area contributed by atoms with Crippen molar-refractivity contribution in [1.29, 1.82) is 0 Å². The number of amides is 4. The first-order valence-corrected chi connectivity index (χ1v) is 26.3. The van der Waals surface area contributed by atoms with E-state index in [4.69, 9.17) is 42.6 Å². The van der Waals surface area contributed by atoms with Crippen LogP contribution in [0.2, 0.25) is 0 Å². The van der Waals surface area contributed by atoms with Gasteiger partial charge in [-0.05, 0) is 19.3 Å². The second-order valence-electron chi connectivity index (χ2n) is 20.0. The monoisotopic (exact) mass is 1100 g/mol. The number of ether oxygens (including phenoxy) is 9. The van der Waals surface area contributed by atoms with E-state index in [1.165, 1.54) is 0 Å². The minimum absolute atomic E-state index is 0.0208. The minimum atomic E-state index is -1.47. The highest BCUT2D eigenvalue weighted by Crippen LogP contribution is 2.29. The van der Waals surface area contributed by atoms with Crippen LogP contribution in [0.4, 0.5) is 0 Å². The first-order chi connectivity index (χ1) is 36.2. The Morgan fingerprint density at radius 1 is 0.474 bits per heavy atom. The Bertz CT molecular complexity index is 1630. The Hall–Kier alpha value is -3.17. The molecule has 3 aliphatic rings. The van der Waals surface area contributed by atoms with Gasteiger partial charge < -0.3 is 110 Å². The quantitative estimate of drug-likeness (QED) is 0.0207. The van der Waals surface area contributed by atoms with Crippen molar-refractivity contribution in [2.75, 3.05) is 92.5 Å². The molecule has 13 N–H and O–H groups in total. The number of carbonyl (C=O) groups is 5. The molecular formula is C49H88N4O23. The molecule has 6 unspecified atom stereocenters. The summed E-state index contributed by atoms with van der Waals surface area (Å²) in [6.07, 6.45) is -12.6. The summed E-state index contributed by atoms with van der Waals surface area (Å²) in [6, 6.07) is 0. The molecule has 27 heteroatoms. The van der Waals surface area contributed by atoms with Gasteiger partial charge in [0.1, 0.15) is 54.7 Å². The molecular weight excluding hydrogens is 1010 g/mol. The van der Waals surface area contributed by atoms with Gasteiger partial charge in [-0.1, -0.05) is 34.6 Å². The van der Waals surface area contributed by atoms with Gasteiger partial charge in [0.05, 0.1) is 97.4 Å². The van der Waals surface area contributed by atoms with Crippen molar-refractivity contribution >= 4 is 29.4 Å². The lowest BCUT2D eigenvalue weighted by molar-refractivity contribution is -0.282. The standard InChI is InChI=1S/C49H88N4O23/c1-28(2)32(57)9-6-10-39(61)53-49(26-70-27-52-38(60)13-20-73-48-31(5)42(64)45(67)35(23-56)76-48,24-68-18-11-36(58)50-14-7-16-71-46-29(3)40(62)43(65)33(21-54)74-46)25-69-19-12-37(59)51-15-8-17-72-47-30(4)41(63)44(66)34(22-55)75-47/h28-31,33-35,40-48,54-56,62-67H,6-27H2,1-5H3,(H,50,58)(H,51,59)(H,52,60)(H,53,61)/t29?,30?,31?,33?,34?,35?,40-,41-,42-,43+,44+,45+,46-,47-,48-,49?/m1/s1. The zero-order valence-corrected chi connectivity index (χ0v) is 44.5. The topological polar surface area (TPSA) is 399 Å². The number of aliphatic hydroxyl groups excluding tert-OH is 9. The predicted molar refractivity (Wildman–Crippen MR) is 263 cm³/mol. The molecule has 0 aromatic heterocycles. The molecule has 0 aromatic carbocycles. The van der Waals surface area contributed by atoms with Gasteiger partial charge in [-0.25, -0.2) is 0 Å².